The van der Waals surface area contributed by atoms with Crippen LogP contribution < -0.4 is 0 Å². The average molecular weight is 399 g/mol. The Bertz CT molecular complexity index is 832. The molecule has 0 bridgehead atoms. The van der Waals surface area contributed by atoms with Gasteiger partial charge in [-0.25, -0.2) is 0 Å². The first-order valence-electron chi connectivity index (χ1n) is 10.3. The number of hydrogen-bond donors (Lipinski definition) is 0. The smallest absolute Gasteiger partial charge is 0.255 e. The van der Waals surface area contributed by atoms with Gasteiger partial charge in [0.15, 0.2) is 0 Å². The minimum absolute atomic E-state index is 0.225. The Morgan fingerprint density at radius 3 is 2.86 bits per heavy atom. The minimum atomic E-state index is 0.225. The number of carbonyl (C=O) groups excluding carboxylic acids is 1. The fraction of sp³-hybridized carbons (Fsp3) is 0.545. The zero-order valence-electron chi connectivity index (χ0n) is 17.1. The molecule has 4 heterocycles. The summed E-state index contributed by atoms with van der Waals surface area (Å²) in [6.45, 7) is 9.74. The standard InChI is InChI=1S/C22H30N4OS/c1-4-17-5-6-18(23-11-17)13-25-8-7-19-20(15-28-21(19)14-25)22(27)26-10-9-24(3)16(2)12-26/h5-6,11,15-16H,4,7-10,12-14H2,1-3H3/t16-/m1/s1. The van der Waals surface area contributed by atoms with Gasteiger partial charge in [-0.3, -0.25) is 14.7 Å². The lowest BCUT2D eigenvalue weighted by Crippen LogP contribution is -2.52. The number of nitrogens with zero attached hydrogens (tertiary/aromatic N) is 4. The highest BCUT2D eigenvalue weighted by Gasteiger charge is 2.29. The van der Waals surface area contributed by atoms with E-state index in [1.54, 1.807) is 11.3 Å². The van der Waals surface area contributed by atoms with Crippen molar-refractivity contribution in [2.24, 2.45) is 0 Å². The van der Waals surface area contributed by atoms with E-state index in [1.165, 1.54) is 16.0 Å². The Kier molecular flexibility index (Phi) is 5.80. The zero-order chi connectivity index (χ0) is 19.7. The van der Waals surface area contributed by atoms with Gasteiger partial charge in [-0.15, -0.1) is 11.3 Å². The summed E-state index contributed by atoms with van der Waals surface area (Å²) in [5, 5.41) is 2.09. The largest absolute Gasteiger partial charge is 0.336 e. The number of pyridine rings is 1. The van der Waals surface area contributed by atoms with Gasteiger partial charge in [0, 0.05) is 61.8 Å². The molecule has 2 aliphatic rings. The topological polar surface area (TPSA) is 39.7 Å². The lowest BCUT2D eigenvalue weighted by molar-refractivity contribution is 0.0571. The van der Waals surface area contributed by atoms with Crippen molar-refractivity contribution in [2.45, 2.75) is 45.8 Å². The Labute approximate surface area is 172 Å². The fourth-order valence-electron chi connectivity index (χ4n) is 4.09. The van der Waals surface area contributed by atoms with Crippen LogP contribution in [0, 0.1) is 0 Å². The molecule has 1 atom stereocenters. The molecule has 28 heavy (non-hydrogen) atoms. The maximum absolute atomic E-state index is 13.1. The van der Waals surface area contributed by atoms with Gasteiger partial charge >= 0.3 is 0 Å². The molecule has 0 N–H and O–H groups in total. The molecule has 2 aromatic heterocycles. The van der Waals surface area contributed by atoms with Crippen LogP contribution in [0.2, 0.25) is 0 Å². The van der Waals surface area contributed by atoms with E-state index in [1.807, 2.05) is 11.1 Å². The number of rotatable bonds is 4. The first-order valence-corrected chi connectivity index (χ1v) is 11.2. The number of piperazine rings is 1. The molecule has 1 saturated heterocycles. The third-order valence-corrected chi connectivity index (χ3v) is 7.20. The van der Waals surface area contributed by atoms with Crippen molar-refractivity contribution in [1.82, 2.24) is 19.7 Å². The molecule has 1 fully saturated rings. The summed E-state index contributed by atoms with van der Waals surface area (Å²) in [6, 6.07) is 4.75. The van der Waals surface area contributed by atoms with E-state index in [9.17, 15) is 4.79 Å². The van der Waals surface area contributed by atoms with Crippen molar-refractivity contribution in [2.75, 3.05) is 33.2 Å². The molecule has 0 aromatic carbocycles. The van der Waals surface area contributed by atoms with Gasteiger partial charge in [0.25, 0.3) is 5.91 Å². The lowest BCUT2D eigenvalue weighted by atomic mass is 10.0. The van der Waals surface area contributed by atoms with Crippen molar-refractivity contribution in [3.05, 3.63) is 51.0 Å². The summed E-state index contributed by atoms with van der Waals surface area (Å²) in [7, 11) is 2.14. The number of likely N-dealkylation sites (N-methyl/N-ethyl adjacent to an activating group) is 1. The molecule has 6 heteroatoms. The SMILES string of the molecule is CCc1ccc(CN2CCc3c(C(=O)N4CCN(C)[C@H](C)C4)csc3C2)nc1. The summed E-state index contributed by atoms with van der Waals surface area (Å²) in [4.78, 5) is 25.9. The van der Waals surface area contributed by atoms with Gasteiger partial charge in [0.05, 0.1) is 11.3 Å². The van der Waals surface area contributed by atoms with Crippen LogP contribution in [-0.4, -0.2) is 64.9 Å². The van der Waals surface area contributed by atoms with Crippen LogP contribution >= 0.6 is 11.3 Å². The first-order chi connectivity index (χ1) is 13.5. The van der Waals surface area contributed by atoms with E-state index in [0.29, 0.717) is 6.04 Å². The lowest BCUT2D eigenvalue weighted by Gasteiger charge is -2.38. The molecule has 5 nitrogen and oxygen atoms in total. The summed E-state index contributed by atoms with van der Waals surface area (Å²) in [6.07, 6.45) is 3.97. The number of amides is 1. The fourth-order valence-corrected chi connectivity index (χ4v) is 5.20. The molecule has 0 unspecified atom stereocenters. The van der Waals surface area contributed by atoms with E-state index in [0.717, 1.165) is 63.4 Å². The highest BCUT2D eigenvalue weighted by Crippen LogP contribution is 2.30. The summed E-state index contributed by atoms with van der Waals surface area (Å²) >= 11 is 1.75. The van der Waals surface area contributed by atoms with Gasteiger partial charge in [-0.05, 0) is 44.0 Å². The summed E-state index contributed by atoms with van der Waals surface area (Å²) < 4.78 is 0. The Morgan fingerprint density at radius 2 is 2.14 bits per heavy atom. The third-order valence-electron chi connectivity index (χ3n) is 6.18. The predicted octanol–water partition coefficient (Wildman–Crippen LogP) is 3.04. The number of aromatic nitrogens is 1. The Hall–Kier alpha value is -1.76. The molecule has 0 aliphatic carbocycles. The van der Waals surface area contributed by atoms with Crippen molar-refractivity contribution >= 4 is 17.2 Å². The predicted molar refractivity (Wildman–Crippen MR) is 114 cm³/mol. The number of aryl methyl sites for hydroxylation is 1. The molecule has 0 radical (unpaired) electrons. The van der Waals surface area contributed by atoms with Crippen molar-refractivity contribution in [1.29, 1.82) is 0 Å². The van der Waals surface area contributed by atoms with Gasteiger partial charge in [0.1, 0.15) is 0 Å². The molecular formula is C22H30N4OS. The molecule has 4 rings (SSSR count). The molecule has 0 spiro atoms. The Balaban J connectivity index is 1.42. The van der Waals surface area contributed by atoms with Crippen LogP contribution in [0.3, 0.4) is 0 Å². The van der Waals surface area contributed by atoms with Gasteiger partial charge in [0.2, 0.25) is 0 Å². The van der Waals surface area contributed by atoms with Crippen LogP contribution in [0.4, 0.5) is 0 Å². The average Bonchev–Trinajstić information content (AvgIpc) is 3.13. The maximum Gasteiger partial charge on any atom is 0.255 e. The molecule has 2 aliphatic heterocycles. The van der Waals surface area contributed by atoms with Crippen molar-refractivity contribution < 1.29 is 4.79 Å². The molecule has 2 aromatic rings. The van der Waals surface area contributed by atoms with E-state index < -0.39 is 0 Å². The van der Waals surface area contributed by atoms with Crippen LogP contribution in [0.1, 0.15) is 45.9 Å². The molecular weight excluding hydrogens is 368 g/mol. The van der Waals surface area contributed by atoms with E-state index in [-0.39, 0.29) is 5.91 Å². The second kappa shape index (κ2) is 8.31. The summed E-state index contributed by atoms with van der Waals surface area (Å²) in [5.41, 5.74) is 4.64. The zero-order valence-corrected chi connectivity index (χ0v) is 18.0. The second-order valence-corrected chi connectivity index (χ2v) is 9.07. The number of hydrogen-bond acceptors (Lipinski definition) is 5. The minimum Gasteiger partial charge on any atom is -0.336 e. The van der Waals surface area contributed by atoms with E-state index >= 15 is 0 Å². The van der Waals surface area contributed by atoms with Crippen LogP contribution in [-0.2, 0) is 25.9 Å². The van der Waals surface area contributed by atoms with Crippen LogP contribution in [0.25, 0.3) is 0 Å². The van der Waals surface area contributed by atoms with Gasteiger partial charge in [-0.1, -0.05) is 13.0 Å². The molecule has 0 saturated carbocycles. The second-order valence-electron chi connectivity index (χ2n) is 8.10. The number of carbonyl (C=O) groups is 1. The van der Waals surface area contributed by atoms with Gasteiger partial charge in [-0.2, -0.15) is 0 Å². The van der Waals surface area contributed by atoms with Crippen LogP contribution in [0.5, 0.6) is 0 Å². The van der Waals surface area contributed by atoms with Crippen LogP contribution in [0.15, 0.2) is 23.7 Å². The van der Waals surface area contributed by atoms with Crippen molar-refractivity contribution in [3.63, 3.8) is 0 Å². The first kappa shape index (κ1) is 19.6. The number of thiophene rings is 1. The monoisotopic (exact) mass is 398 g/mol. The third kappa shape index (κ3) is 4.00. The molecule has 1 amide bonds. The summed E-state index contributed by atoms with van der Waals surface area (Å²) in [5.74, 6) is 0.225. The quantitative estimate of drug-likeness (QED) is 0.794. The van der Waals surface area contributed by atoms with E-state index in [2.05, 4.69) is 53.2 Å². The highest BCUT2D eigenvalue weighted by atomic mass is 32.1. The highest BCUT2D eigenvalue weighted by molar-refractivity contribution is 7.10. The van der Waals surface area contributed by atoms with Gasteiger partial charge < -0.3 is 9.80 Å². The van der Waals surface area contributed by atoms with Crippen molar-refractivity contribution in [3.8, 4) is 0 Å². The Morgan fingerprint density at radius 1 is 1.29 bits per heavy atom. The number of fused-ring (bicyclic) bond motifs is 1. The normalized spacial score (nSPS) is 21.0. The van der Waals surface area contributed by atoms with E-state index in [4.69, 9.17) is 0 Å². The maximum atomic E-state index is 13.1. The molecule has 150 valence electrons.